The second kappa shape index (κ2) is 4.93. The monoisotopic (exact) mass is 244 g/mol. The molecule has 1 aromatic rings. The van der Waals surface area contributed by atoms with Gasteiger partial charge in [0, 0.05) is 13.6 Å². The van der Waals surface area contributed by atoms with Crippen molar-refractivity contribution in [1.29, 1.82) is 0 Å². The lowest BCUT2D eigenvalue weighted by molar-refractivity contribution is -0.136. The molecule has 0 aliphatic carbocycles. The molecule has 7 heteroatoms. The number of thiazole rings is 1. The second-order valence-corrected chi connectivity index (χ2v) is 4.26. The highest BCUT2D eigenvalue weighted by molar-refractivity contribution is 7.17. The first-order valence-electron chi connectivity index (χ1n) is 4.55. The Morgan fingerprint density at radius 1 is 1.44 bits per heavy atom. The van der Waals surface area contributed by atoms with Crippen LogP contribution in [-0.4, -0.2) is 40.7 Å². The Bertz CT molecular complexity index is 416. The van der Waals surface area contributed by atoms with Gasteiger partial charge in [-0.15, -0.1) is 0 Å². The van der Waals surface area contributed by atoms with Crippen LogP contribution in [0.15, 0.2) is 0 Å². The zero-order valence-corrected chi connectivity index (χ0v) is 9.74. The second-order valence-electron chi connectivity index (χ2n) is 3.28. The van der Waals surface area contributed by atoms with Gasteiger partial charge in [0.05, 0.1) is 12.1 Å². The first kappa shape index (κ1) is 12.4. The number of aromatic carboxylic acids is 1. The standard InChI is InChI=1S/C9H12N2O4S/c1-5-7(8(14)15)16-9(10-5)11(2)4-3-6(12)13/h3-4H2,1-2H3,(H,12,13)(H,14,15). The summed E-state index contributed by atoms with van der Waals surface area (Å²) in [6.07, 6.45) is -0.00245. The van der Waals surface area contributed by atoms with E-state index in [-0.39, 0.29) is 11.3 Å². The fourth-order valence-corrected chi connectivity index (χ4v) is 2.00. The quantitative estimate of drug-likeness (QED) is 0.804. The Balaban J connectivity index is 2.76. The molecule has 2 N–H and O–H groups in total. The molecular weight excluding hydrogens is 232 g/mol. The molecule has 0 bridgehead atoms. The summed E-state index contributed by atoms with van der Waals surface area (Å²) in [6.45, 7) is 1.93. The highest BCUT2D eigenvalue weighted by Gasteiger charge is 2.16. The van der Waals surface area contributed by atoms with Crippen LogP contribution in [0.4, 0.5) is 5.13 Å². The summed E-state index contributed by atoms with van der Waals surface area (Å²) < 4.78 is 0. The third kappa shape index (κ3) is 2.93. The molecular formula is C9H12N2O4S. The van der Waals surface area contributed by atoms with Gasteiger partial charge in [-0.1, -0.05) is 11.3 Å². The molecule has 0 aromatic carbocycles. The maximum Gasteiger partial charge on any atom is 0.347 e. The van der Waals surface area contributed by atoms with Crippen molar-refractivity contribution in [3.63, 3.8) is 0 Å². The molecule has 88 valence electrons. The van der Waals surface area contributed by atoms with Crippen LogP contribution in [0.3, 0.4) is 0 Å². The van der Waals surface area contributed by atoms with Crippen LogP contribution >= 0.6 is 11.3 Å². The van der Waals surface area contributed by atoms with Crippen LogP contribution in [0, 0.1) is 6.92 Å². The number of hydrogen-bond acceptors (Lipinski definition) is 5. The van der Waals surface area contributed by atoms with Gasteiger partial charge in [-0.3, -0.25) is 4.79 Å². The van der Waals surface area contributed by atoms with E-state index < -0.39 is 11.9 Å². The molecule has 0 radical (unpaired) electrons. The Kier molecular flexibility index (Phi) is 3.83. The molecule has 1 heterocycles. The van der Waals surface area contributed by atoms with Gasteiger partial charge in [0.2, 0.25) is 0 Å². The molecule has 1 rings (SSSR count). The highest BCUT2D eigenvalue weighted by atomic mass is 32.1. The number of aliphatic carboxylic acids is 1. The molecule has 0 spiro atoms. The zero-order valence-electron chi connectivity index (χ0n) is 8.93. The molecule has 0 aliphatic heterocycles. The summed E-state index contributed by atoms with van der Waals surface area (Å²) in [5, 5.41) is 17.9. The molecule has 6 nitrogen and oxygen atoms in total. The SMILES string of the molecule is Cc1nc(N(C)CCC(=O)O)sc1C(=O)O. The Labute approximate surface area is 96.2 Å². The van der Waals surface area contributed by atoms with E-state index in [1.54, 1.807) is 18.9 Å². The van der Waals surface area contributed by atoms with Crippen LogP contribution in [0.25, 0.3) is 0 Å². The van der Waals surface area contributed by atoms with E-state index in [0.717, 1.165) is 11.3 Å². The van der Waals surface area contributed by atoms with Crippen molar-refractivity contribution < 1.29 is 19.8 Å². The third-order valence-electron chi connectivity index (χ3n) is 1.97. The van der Waals surface area contributed by atoms with Crippen molar-refractivity contribution in [2.45, 2.75) is 13.3 Å². The van der Waals surface area contributed by atoms with Gasteiger partial charge in [-0.2, -0.15) is 0 Å². The molecule has 0 amide bonds. The van der Waals surface area contributed by atoms with Crippen molar-refractivity contribution in [3.05, 3.63) is 10.6 Å². The first-order valence-corrected chi connectivity index (χ1v) is 5.37. The summed E-state index contributed by atoms with van der Waals surface area (Å²) in [5.41, 5.74) is 0.453. The molecule has 0 unspecified atom stereocenters. The number of carbonyl (C=O) groups is 2. The van der Waals surface area contributed by atoms with Gasteiger partial charge in [-0.25, -0.2) is 9.78 Å². The maximum atomic E-state index is 10.8. The first-order chi connectivity index (χ1) is 7.41. The number of anilines is 1. The smallest absolute Gasteiger partial charge is 0.347 e. The predicted molar refractivity (Wildman–Crippen MR) is 59.3 cm³/mol. The molecule has 0 fully saturated rings. The number of carboxylic acids is 2. The number of rotatable bonds is 5. The van der Waals surface area contributed by atoms with E-state index in [1.807, 2.05) is 0 Å². The lowest BCUT2D eigenvalue weighted by atomic mass is 10.4. The summed E-state index contributed by atoms with van der Waals surface area (Å²) in [4.78, 5) is 27.1. The minimum Gasteiger partial charge on any atom is -0.481 e. The maximum absolute atomic E-state index is 10.8. The van der Waals surface area contributed by atoms with Crippen molar-refractivity contribution in [3.8, 4) is 0 Å². The van der Waals surface area contributed by atoms with Gasteiger partial charge >= 0.3 is 11.9 Å². The van der Waals surface area contributed by atoms with E-state index >= 15 is 0 Å². The Hall–Kier alpha value is -1.63. The number of aryl methyl sites for hydroxylation is 1. The van der Waals surface area contributed by atoms with Crippen LogP contribution in [0.5, 0.6) is 0 Å². The molecule has 0 saturated heterocycles. The average molecular weight is 244 g/mol. The Morgan fingerprint density at radius 2 is 2.06 bits per heavy atom. The van der Waals surface area contributed by atoms with E-state index in [0.29, 0.717) is 17.4 Å². The van der Waals surface area contributed by atoms with E-state index in [1.165, 1.54) is 0 Å². The summed E-state index contributed by atoms with van der Waals surface area (Å²) in [6, 6.07) is 0. The van der Waals surface area contributed by atoms with E-state index in [4.69, 9.17) is 10.2 Å². The van der Waals surface area contributed by atoms with Crippen molar-refractivity contribution in [2.24, 2.45) is 0 Å². The van der Waals surface area contributed by atoms with Gasteiger partial charge in [0.25, 0.3) is 0 Å². The molecule has 1 aromatic heterocycles. The van der Waals surface area contributed by atoms with Crippen LogP contribution in [0.2, 0.25) is 0 Å². The summed E-state index contributed by atoms with van der Waals surface area (Å²) >= 11 is 1.05. The third-order valence-corrected chi connectivity index (χ3v) is 3.23. The minimum atomic E-state index is -1.01. The summed E-state index contributed by atoms with van der Waals surface area (Å²) in [7, 11) is 1.69. The fourth-order valence-electron chi connectivity index (χ4n) is 1.10. The predicted octanol–water partition coefficient (Wildman–Crippen LogP) is 1.06. The topological polar surface area (TPSA) is 90.7 Å². The van der Waals surface area contributed by atoms with Gasteiger partial charge in [0.15, 0.2) is 5.13 Å². The van der Waals surface area contributed by atoms with Gasteiger partial charge in [0.1, 0.15) is 4.88 Å². The van der Waals surface area contributed by atoms with Gasteiger partial charge < -0.3 is 15.1 Å². The summed E-state index contributed by atoms with van der Waals surface area (Å²) in [5.74, 6) is -1.90. The molecule has 0 atom stereocenters. The van der Waals surface area contributed by atoms with Crippen molar-refractivity contribution in [1.82, 2.24) is 4.98 Å². The number of hydrogen-bond donors (Lipinski definition) is 2. The van der Waals surface area contributed by atoms with Crippen LogP contribution < -0.4 is 4.90 Å². The lowest BCUT2D eigenvalue weighted by Gasteiger charge is -2.13. The largest absolute Gasteiger partial charge is 0.481 e. The van der Waals surface area contributed by atoms with Gasteiger partial charge in [-0.05, 0) is 6.92 Å². The van der Waals surface area contributed by atoms with Crippen LogP contribution in [0.1, 0.15) is 21.8 Å². The fraction of sp³-hybridized carbons (Fsp3) is 0.444. The van der Waals surface area contributed by atoms with Crippen LogP contribution in [-0.2, 0) is 4.79 Å². The number of nitrogens with zero attached hydrogens (tertiary/aromatic N) is 2. The Morgan fingerprint density at radius 3 is 2.50 bits per heavy atom. The lowest BCUT2D eigenvalue weighted by Crippen LogP contribution is -2.20. The molecule has 0 saturated carbocycles. The highest BCUT2D eigenvalue weighted by Crippen LogP contribution is 2.25. The average Bonchev–Trinajstić information content (AvgIpc) is 2.56. The normalized spacial score (nSPS) is 10.1. The molecule has 0 aliphatic rings. The zero-order chi connectivity index (χ0) is 12.3. The van der Waals surface area contributed by atoms with Crippen molar-refractivity contribution >= 4 is 28.4 Å². The molecule has 16 heavy (non-hydrogen) atoms. The number of aromatic nitrogens is 1. The van der Waals surface area contributed by atoms with Crippen molar-refractivity contribution in [2.75, 3.05) is 18.5 Å². The van der Waals surface area contributed by atoms with E-state index in [9.17, 15) is 9.59 Å². The minimum absolute atomic E-state index is 0.00245. The number of carboxylic acid groups (broad SMARTS) is 2. The van der Waals surface area contributed by atoms with E-state index in [2.05, 4.69) is 4.98 Å².